The van der Waals surface area contributed by atoms with Crippen LogP contribution in [0.2, 0.25) is 15.1 Å². The fraction of sp³-hybridized carbons (Fsp3) is 0.238. The molecular weight excluding hydrogens is 417 g/mol. The summed E-state index contributed by atoms with van der Waals surface area (Å²) in [7, 11) is 0. The highest BCUT2D eigenvalue weighted by Gasteiger charge is 2.21. The summed E-state index contributed by atoms with van der Waals surface area (Å²) in [5.41, 5.74) is 2.16. The van der Waals surface area contributed by atoms with Gasteiger partial charge in [0.25, 0.3) is 5.91 Å². The van der Waals surface area contributed by atoms with E-state index < -0.39 is 0 Å². The SMILES string of the molecule is C=CCN(Cc1nc2ccc(Cl)cc2n1CCC)C(=O)c1cc(Cl)ccc1Cl. The molecule has 0 unspecified atom stereocenters. The lowest BCUT2D eigenvalue weighted by atomic mass is 10.2. The molecule has 2 aromatic carbocycles. The molecule has 146 valence electrons. The van der Waals surface area contributed by atoms with Crippen molar-refractivity contribution in [2.24, 2.45) is 0 Å². The average Bonchev–Trinajstić information content (AvgIpc) is 3.00. The third-order valence-electron chi connectivity index (χ3n) is 4.36. The minimum Gasteiger partial charge on any atom is -0.327 e. The van der Waals surface area contributed by atoms with Crippen LogP contribution < -0.4 is 0 Å². The maximum Gasteiger partial charge on any atom is 0.256 e. The molecule has 4 nitrogen and oxygen atoms in total. The summed E-state index contributed by atoms with van der Waals surface area (Å²) < 4.78 is 2.10. The number of carbonyl (C=O) groups excluding carboxylic acids is 1. The molecule has 0 bridgehead atoms. The number of aryl methyl sites for hydroxylation is 1. The van der Waals surface area contributed by atoms with Crippen LogP contribution in [0.1, 0.15) is 29.5 Å². The summed E-state index contributed by atoms with van der Waals surface area (Å²) in [6.45, 7) is 7.33. The van der Waals surface area contributed by atoms with Crippen molar-refractivity contribution in [3.05, 3.63) is 75.5 Å². The van der Waals surface area contributed by atoms with E-state index >= 15 is 0 Å². The normalized spacial score (nSPS) is 11.0. The van der Waals surface area contributed by atoms with Gasteiger partial charge in [-0.25, -0.2) is 4.98 Å². The highest BCUT2D eigenvalue weighted by molar-refractivity contribution is 6.35. The monoisotopic (exact) mass is 435 g/mol. The van der Waals surface area contributed by atoms with Crippen LogP contribution in [0, 0.1) is 0 Å². The second-order valence-electron chi connectivity index (χ2n) is 6.41. The lowest BCUT2D eigenvalue weighted by Gasteiger charge is -2.22. The summed E-state index contributed by atoms with van der Waals surface area (Å²) in [5, 5.41) is 1.47. The molecule has 3 aromatic rings. The molecule has 0 radical (unpaired) electrons. The van der Waals surface area contributed by atoms with Gasteiger partial charge in [0.2, 0.25) is 0 Å². The predicted octanol–water partition coefficient (Wildman–Crippen LogP) is 6.23. The summed E-state index contributed by atoms with van der Waals surface area (Å²) >= 11 is 18.5. The van der Waals surface area contributed by atoms with E-state index in [-0.39, 0.29) is 5.91 Å². The summed E-state index contributed by atoms with van der Waals surface area (Å²) in [4.78, 5) is 19.5. The van der Waals surface area contributed by atoms with Crippen LogP contribution in [0.3, 0.4) is 0 Å². The van der Waals surface area contributed by atoms with E-state index in [4.69, 9.17) is 39.8 Å². The Labute approximate surface area is 179 Å². The first kappa shape index (κ1) is 20.7. The van der Waals surface area contributed by atoms with Crippen LogP contribution in [-0.2, 0) is 13.1 Å². The van der Waals surface area contributed by atoms with Crippen molar-refractivity contribution >= 4 is 51.7 Å². The molecule has 0 aliphatic rings. The van der Waals surface area contributed by atoms with Crippen molar-refractivity contribution in [3.8, 4) is 0 Å². The van der Waals surface area contributed by atoms with Crippen LogP contribution in [0.15, 0.2) is 49.1 Å². The Morgan fingerprint density at radius 1 is 1.18 bits per heavy atom. The first-order valence-electron chi connectivity index (χ1n) is 8.94. The van der Waals surface area contributed by atoms with Crippen LogP contribution in [0.25, 0.3) is 11.0 Å². The molecule has 0 aliphatic heterocycles. The minimum atomic E-state index is -0.222. The molecule has 0 N–H and O–H groups in total. The highest BCUT2D eigenvalue weighted by Crippen LogP contribution is 2.25. The van der Waals surface area contributed by atoms with Crippen LogP contribution in [0.5, 0.6) is 0 Å². The summed E-state index contributed by atoms with van der Waals surface area (Å²) in [6.07, 6.45) is 2.61. The van der Waals surface area contributed by atoms with Gasteiger partial charge in [0, 0.05) is 23.1 Å². The number of hydrogen-bond acceptors (Lipinski definition) is 2. The number of hydrogen-bond donors (Lipinski definition) is 0. The number of amides is 1. The third kappa shape index (κ3) is 4.35. The fourth-order valence-electron chi connectivity index (χ4n) is 3.12. The van der Waals surface area contributed by atoms with Gasteiger partial charge in [-0.05, 0) is 42.8 Å². The molecule has 28 heavy (non-hydrogen) atoms. The second-order valence-corrected chi connectivity index (χ2v) is 7.69. The maximum absolute atomic E-state index is 13.1. The Morgan fingerprint density at radius 3 is 2.61 bits per heavy atom. The Hall–Kier alpha value is -2.01. The number of carbonyl (C=O) groups is 1. The van der Waals surface area contributed by atoms with E-state index in [2.05, 4.69) is 18.1 Å². The number of fused-ring (bicyclic) bond motifs is 1. The number of benzene rings is 2. The quantitative estimate of drug-likeness (QED) is 0.411. The van der Waals surface area contributed by atoms with Crippen molar-refractivity contribution in [2.75, 3.05) is 6.54 Å². The van der Waals surface area contributed by atoms with Crippen molar-refractivity contribution in [2.45, 2.75) is 26.4 Å². The zero-order chi connectivity index (χ0) is 20.3. The predicted molar refractivity (Wildman–Crippen MR) is 116 cm³/mol. The van der Waals surface area contributed by atoms with E-state index in [1.165, 1.54) is 0 Å². The molecule has 3 rings (SSSR count). The fourth-order valence-corrected chi connectivity index (χ4v) is 3.65. The first-order valence-corrected chi connectivity index (χ1v) is 10.1. The van der Waals surface area contributed by atoms with Gasteiger partial charge in [-0.1, -0.05) is 47.8 Å². The van der Waals surface area contributed by atoms with E-state index in [0.717, 1.165) is 29.8 Å². The summed E-state index contributed by atoms with van der Waals surface area (Å²) in [5.74, 6) is 0.563. The average molecular weight is 437 g/mol. The number of aromatic nitrogens is 2. The molecule has 0 saturated carbocycles. The smallest absolute Gasteiger partial charge is 0.256 e. The van der Waals surface area contributed by atoms with Crippen molar-refractivity contribution in [1.29, 1.82) is 0 Å². The van der Waals surface area contributed by atoms with Crippen LogP contribution in [-0.4, -0.2) is 26.9 Å². The highest BCUT2D eigenvalue weighted by atomic mass is 35.5. The molecule has 7 heteroatoms. The number of rotatable bonds is 7. The van der Waals surface area contributed by atoms with Gasteiger partial charge in [0.05, 0.1) is 28.2 Å². The molecule has 0 saturated heterocycles. The van der Waals surface area contributed by atoms with Gasteiger partial charge in [-0.15, -0.1) is 6.58 Å². The van der Waals surface area contributed by atoms with Gasteiger partial charge in [0.15, 0.2) is 0 Å². The standard InChI is InChI=1S/C21H20Cl3N3O/c1-3-9-26(21(28)16-11-14(22)5-7-17(16)24)13-20-25-18-8-6-15(23)12-19(18)27(20)10-4-2/h3,5-8,11-12H,1,4,9-10,13H2,2H3. The second kappa shape index (κ2) is 8.99. The maximum atomic E-state index is 13.1. The van der Waals surface area contributed by atoms with E-state index in [9.17, 15) is 4.79 Å². The molecular formula is C21H20Cl3N3O. The van der Waals surface area contributed by atoms with Crippen molar-refractivity contribution in [1.82, 2.24) is 14.5 Å². The third-order valence-corrected chi connectivity index (χ3v) is 5.16. The molecule has 1 amide bonds. The van der Waals surface area contributed by atoms with Crippen LogP contribution in [0.4, 0.5) is 0 Å². The van der Waals surface area contributed by atoms with Gasteiger partial charge >= 0.3 is 0 Å². The van der Waals surface area contributed by atoms with Crippen molar-refractivity contribution in [3.63, 3.8) is 0 Å². The van der Waals surface area contributed by atoms with E-state index in [1.54, 1.807) is 29.2 Å². The molecule has 1 heterocycles. The zero-order valence-corrected chi connectivity index (χ0v) is 17.7. The molecule has 0 spiro atoms. The lowest BCUT2D eigenvalue weighted by Crippen LogP contribution is -2.32. The number of nitrogens with zero attached hydrogens (tertiary/aromatic N) is 3. The van der Waals surface area contributed by atoms with E-state index in [1.807, 2.05) is 18.2 Å². The van der Waals surface area contributed by atoms with Gasteiger partial charge in [-0.2, -0.15) is 0 Å². The Bertz CT molecular complexity index is 1030. The van der Waals surface area contributed by atoms with Gasteiger partial charge in [0.1, 0.15) is 5.82 Å². The number of imidazole rings is 1. The van der Waals surface area contributed by atoms with Gasteiger partial charge < -0.3 is 9.47 Å². The largest absolute Gasteiger partial charge is 0.327 e. The Kier molecular flexibility index (Phi) is 6.65. The Morgan fingerprint density at radius 2 is 1.89 bits per heavy atom. The van der Waals surface area contributed by atoms with Crippen molar-refractivity contribution < 1.29 is 4.79 Å². The summed E-state index contributed by atoms with van der Waals surface area (Å²) in [6, 6.07) is 10.5. The number of halogens is 3. The first-order chi connectivity index (χ1) is 13.4. The lowest BCUT2D eigenvalue weighted by molar-refractivity contribution is 0.0757. The van der Waals surface area contributed by atoms with Crippen LogP contribution >= 0.6 is 34.8 Å². The molecule has 0 atom stereocenters. The molecule has 1 aromatic heterocycles. The Balaban J connectivity index is 2.00. The van der Waals surface area contributed by atoms with Gasteiger partial charge in [-0.3, -0.25) is 4.79 Å². The minimum absolute atomic E-state index is 0.222. The topological polar surface area (TPSA) is 38.1 Å². The van der Waals surface area contributed by atoms with E-state index in [0.29, 0.717) is 33.7 Å². The molecule has 0 aliphatic carbocycles. The zero-order valence-electron chi connectivity index (χ0n) is 15.5. The molecule has 0 fully saturated rings.